The van der Waals surface area contributed by atoms with Gasteiger partial charge in [-0.25, -0.2) is 0 Å². The number of rotatable bonds is 3. The number of aromatic hydroxyl groups is 1. The van der Waals surface area contributed by atoms with Crippen LogP contribution in [0.2, 0.25) is 0 Å². The molecular weight excluding hydrogens is 366 g/mol. The average molecular weight is 389 g/mol. The lowest BCUT2D eigenvalue weighted by atomic mass is 9.77. The van der Waals surface area contributed by atoms with E-state index >= 15 is 0 Å². The number of aromatic nitrogens is 3. The van der Waals surface area contributed by atoms with Crippen molar-refractivity contribution in [2.45, 2.75) is 57.1 Å². The van der Waals surface area contributed by atoms with Gasteiger partial charge in [-0.3, -0.25) is 0 Å². The molecule has 0 bridgehead atoms. The second-order valence-electron chi connectivity index (χ2n) is 9.04. The maximum Gasteiger partial charge on any atom is 0.163 e. The Morgan fingerprint density at radius 2 is 1.97 bits per heavy atom. The molecule has 0 saturated heterocycles. The minimum Gasteiger partial charge on any atom is -0.506 e. The molecule has 29 heavy (non-hydrogen) atoms. The lowest BCUT2D eigenvalue weighted by Gasteiger charge is -2.41. The van der Waals surface area contributed by atoms with E-state index in [4.69, 9.17) is 4.42 Å². The van der Waals surface area contributed by atoms with E-state index in [-0.39, 0.29) is 11.8 Å². The number of aryl methyl sites for hydroxylation is 1. The Hall–Kier alpha value is -2.86. The fourth-order valence-corrected chi connectivity index (χ4v) is 4.88. The quantitative estimate of drug-likeness (QED) is 0.525. The Bertz CT molecular complexity index is 1270. The van der Waals surface area contributed by atoms with Crippen molar-refractivity contribution in [3.8, 4) is 17.0 Å². The maximum atomic E-state index is 10.9. The number of nitrogens with zero attached hydrogens (tertiary/aromatic N) is 3. The predicted molar refractivity (Wildman–Crippen MR) is 110 cm³/mol. The van der Waals surface area contributed by atoms with Crippen LogP contribution in [0.5, 0.6) is 5.75 Å². The number of aliphatic hydroxyl groups is 1. The number of hydrogen-bond donors (Lipinski definition) is 2. The van der Waals surface area contributed by atoms with Crippen LogP contribution in [-0.4, -0.2) is 30.6 Å². The fraction of sp³-hybridized carbons (Fsp3) is 0.391. The highest BCUT2D eigenvalue weighted by Crippen LogP contribution is 2.48. The SMILES string of the molecule is Cc1cc2occc2c(O)c1-c1cc2c(C3CC3)cn(C3CC(C)(O)C3)c2nn1. The summed E-state index contributed by atoms with van der Waals surface area (Å²) >= 11 is 0. The van der Waals surface area contributed by atoms with E-state index < -0.39 is 5.60 Å². The molecule has 6 rings (SSSR count). The van der Waals surface area contributed by atoms with Gasteiger partial charge >= 0.3 is 0 Å². The summed E-state index contributed by atoms with van der Waals surface area (Å²) in [7, 11) is 0. The molecule has 0 unspecified atom stereocenters. The molecule has 6 heteroatoms. The van der Waals surface area contributed by atoms with E-state index in [2.05, 4.69) is 27.0 Å². The number of fused-ring (bicyclic) bond motifs is 2. The number of phenolic OH excluding ortho intramolecular Hbond substituents is 1. The van der Waals surface area contributed by atoms with Gasteiger partial charge in [-0.15, -0.1) is 10.2 Å². The summed E-state index contributed by atoms with van der Waals surface area (Å²) in [5.74, 6) is 0.757. The van der Waals surface area contributed by atoms with Gasteiger partial charge in [0.1, 0.15) is 11.3 Å². The lowest BCUT2D eigenvalue weighted by Crippen LogP contribution is -2.41. The zero-order valence-corrected chi connectivity index (χ0v) is 16.5. The molecule has 3 heterocycles. The van der Waals surface area contributed by atoms with Crippen molar-refractivity contribution in [1.29, 1.82) is 0 Å². The second kappa shape index (κ2) is 5.60. The molecule has 6 nitrogen and oxygen atoms in total. The van der Waals surface area contributed by atoms with E-state index in [1.165, 1.54) is 18.4 Å². The molecule has 2 N–H and O–H groups in total. The monoisotopic (exact) mass is 389 g/mol. The number of furan rings is 1. The van der Waals surface area contributed by atoms with E-state index in [1.807, 2.05) is 19.9 Å². The van der Waals surface area contributed by atoms with Crippen LogP contribution >= 0.6 is 0 Å². The fourth-order valence-electron chi connectivity index (χ4n) is 4.88. The molecule has 2 saturated carbocycles. The highest BCUT2D eigenvalue weighted by atomic mass is 16.3. The smallest absolute Gasteiger partial charge is 0.163 e. The Morgan fingerprint density at radius 1 is 1.17 bits per heavy atom. The van der Waals surface area contributed by atoms with Gasteiger partial charge in [0.25, 0.3) is 0 Å². The van der Waals surface area contributed by atoms with Crippen molar-refractivity contribution >= 4 is 22.0 Å². The van der Waals surface area contributed by atoms with Gasteiger partial charge in [-0.05, 0) is 74.8 Å². The first-order valence-electron chi connectivity index (χ1n) is 10.2. The van der Waals surface area contributed by atoms with Gasteiger partial charge in [0.2, 0.25) is 0 Å². The lowest BCUT2D eigenvalue weighted by molar-refractivity contribution is -0.0498. The van der Waals surface area contributed by atoms with Crippen molar-refractivity contribution < 1.29 is 14.6 Å². The first-order valence-corrected chi connectivity index (χ1v) is 10.2. The van der Waals surface area contributed by atoms with Crippen LogP contribution < -0.4 is 0 Å². The Labute approximate surface area is 167 Å². The normalized spacial score (nSPS) is 24.3. The average Bonchev–Trinajstić information content (AvgIpc) is 3.26. The number of phenols is 1. The third-order valence-corrected chi connectivity index (χ3v) is 6.55. The molecule has 2 aliphatic rings. The summed E-state index contributed by atoms with van der Waals surface area (Å²) in [6, 6.07) is 6.03. The van der Waals surface area contributed by atoms with Crippen LogP contribution in [-0.2, 0) is 0 Å². The summed E-state index contributed by atoms with van der Waals surface area (Å²) in [5, 5.41) is 31.9. The topological polar surface area (TPSA) is 84.3 Å². The summed E-state index contributed by atoms with van der Waals surface area (Å²) in [6.07, 6.45) is 7.67. The van der Waals surface area contributed by atoms with Gasteiger partial charge < -0.3 is 19.2 Å². The van der Waals surface area contributed by atoms with Gasteiger partial charge in [0, 0.05) is 23.2 Å². The van der Waals surface area contributed by atoms with Gasteiger partial charge in [-0.1, -0.05) is 0 Å². The predicted octanol–water partition coefficient (Wildman–Crippen LogP) is 4.82. The summed E-state index contributed by atoms with van der Waals surface area (Å²) in [4.78, 5) is 0. The third kappa shape index (κ3) is 2.52. The molecular formula is C23H23N3O3. The third-order valence-electron chi connectivity index (χ3n) is 6.55. The minimum atomic E-state index is -0.586. The summed E-state index contributed by atoms with van der Waals surface area (Å²) in [5.41, 5.74) is 4.55. The molecule has 2 aliphatic carbocycles. The molecule has 148 valence electrons. The van der Waals surface area contributed by atoms with E-state index in [0.29, 0.717) is 28.1 Å². The highest BCUT2D eigenvalue weighted by Gasteiger charge is 2.41. The van der Waals surface area contributed by atoms with Gasteiger partial charge in [-0.2, -0.15) is 0 Å². The summed E-state index contributed by atoms with van der Waals surface area (Å²) in [6.45, 7) is 3.84. The molecule has 0 radical (unpaired) electrons. The van der Waals surface area contributed by atoms with E-state index in [0.717, 1.165) is 29.4 Å². The number of benzene rings is 1. The molecule has 0 amide bonds. The first-order chi connectivity index (χ1) is 13.9. The van der Waals surface area contributed by atoms with Crippen LogP contribution in [0, 0.1) is 6.92 Å². The molecule has 3 aromatic heterocycles. The van der Waals surface area contributed by atoms with Gasteiger partial charge in [0.15, 0.2) is 5.65 Å². The largest absolute Gasteiger partial charge is 0.506 e. The molecule has 0 atom stereocenters. The van der Waals surface area contributed by atoms with Crippen LogP contribution in [0.25, 0.3) is 33.3 Å². The van der Waals surface area contributed by atoms with Crippen molar-refractivity contribution in [2.75, 3.05) is 0 Å². The zero-order chi connectivity index (χ0) is 19.9. The van der Waals surface area contributed by atoms with Crippen molar-refractivity contribution in [3.63, 3.8) is 0 Å². The van der Waals surface area contributed by atoms with Crippen molar-refractivity contribution in [2.24, 2.45) is 0 Å². The summed E-state index contributed by atoms with van der Waals surface area (Å²) < 4.78 is 7.64. The molecule has 0 spiro atoms. The molecule has 0 aliphatic heterocycles. The standard InChI is InChI=1S/C23H23N3O3/c1-12-7-19-15(5-6-29-19)21(27)20(12)18-8-16-17(13-3-4-13)11-26(22(16)25-24-18)14-9-23(2,28)10-14/h5-8,11,13-14,27-28H,3-4,9-10H2,1-2H3. The van der Waals surface area contributed by atoms with Crippen LogP contribution in [0.15, 0.2) is 35.1 Å². The highest BCUT2D eigenvalue weighted by molar-refractivity contribution is 5.94. The molecule has 4 aromatic rings. The van der Waals surface area contributed by atoms with Crippen molar-refractivity contribution in [1.82, 2.24) is 14.8 Å². The van der Waals surface area contributed by atoms with Crippen molar-refractivity contribution in [3.05, 3.63) is 41.8 Å². The Balaban J connectivity index is 1.53. The second-order valence-corrected chi connectivity index (χ2v) is 9.04. The zero-order valence-electron chi connectivity index (χ0n) is 16.5. The van der Waals surface area contributed by atoms with Gasteiger partial charge in [0.05, 0.1) is 22.9 Å². The Kier molecular flexibility index (Phi) is 3.29. The van der Waals surface area contributed by atoms with E-state index in [9.17, 15) is 10.2 Å². The van der Waals surface area contributed by atoms with Crippen LogP contribution in [0.4, 0.5) is 0 Å². The molecule has 1 aromatic carbocycles. The van der Waals surface area contributed by atoms with Crippen LogP contribution in [0.3, 0.4) is 0 Å². The first kappa shape index (κ1) is 17.0. The minimum absolute atomic E-state index is 0.185. The van der Waals surface area contributed by atoms with E-state index in [1.54, 1.807) is 12.3 Å². The van der Waals surface area contributed by atoms with Crippen LogP contribution in [0.1, 0.15) is 55.7 Å². The number of hydrogen-bond acceptors (Lipinski definition) is 5. The Morgan fingerprint density at radius 3 is 2.69 bits per heavy atom. The molecule has 2 fully saturated rings. The maximum absolute atomic E-state index is 10.9.